The zero-order chi connectivity index (χ0) is 15.5. The van der Waals surface area contributed by atoms with Crippen LogP contribution in [0.1, 0.15) is 70.5 Å². The standard InChI is InChI=1S/C18H30O3/c1-4-5-6-7-8-9-10-13-21-17-12-11-16(15(2)19)14-18(17)20-3/h11-12,14-15,19H,4-10,13H2,1-3H3/t15-/m1/s1. The van der Waals surface area contributed by atoms with E-state index in [2.05, 4.69) is 6.92 Å². The van der Waals surface area contributed by atoms with E-state index in [0.717, 1.165) is 24.3 Å². The van der Waals surface area contributed by atoms with Crippen LogP contribution in [-0.4, -0.2) is 18.8 Å². The molecule has 0 unspecified atom stereocenters. The number of rotatable bonds is 11. The lowest BCUT2D eigenvalue weighted by Gasteiger charge is -2.13. The number of benzene rings is 1. The van der Waals surface area contributed by atoms with E-state index < -0.39 is 6.10 Å². The highest BCUT2D eigenvalue weighted by atomic mass is 16.5. The fraction of sp³-hybridized carbons (Fsp3) is 0.667. The molecule has 120 valence electrons. The molecule has 1 rings (SSSR count). The molecule has 3 nitrogen and oxygen atoms in total. The average molecular weight is 294 g/mol. The lowest BCUT2D eigenvalue weighted by atomic mass is 10.1. The highest BCUT2D eigenvalue weighted by Crippen LogP contribution is 2.30. The van der Waals surface area contributed by atoms with E-state index >= 15 is 0 Å². The molecular weight excluding hydrogens is 264 g/mol. The molecule has 0 spiro atoms. The molecule has 0 saturated carbocycles. The molecular formula is C18H30O3. The smallest absolute Gasteiger partial charge is 0.161 e. The Hall–Kier alpha value is -1.22. The van der Waals surface area contributed by atoms with Gasteiger partial charge in [-0.15, -0.1) is 0 Å². The quantitative estimate of drug-likeness (QED) is 0.591. The van der Waals surface area contributed by atoms with E-state index in [1.165, 1.54) is 38.5 Å². The first-order valence-electron chi connectivity index (χ1n) is 8.17. The Labute approximate surface area is 129 Å². The summed E-state index contributed by atoms with van der Waals surface area (Å²) in [5, 5.41) is 9.57. The third-order valence-electron chi connectivity index (χ3n) is 3.68. The van der Waals surface area contributed by atoms with E-state index in [9.17, 15) is 5.11 Å². The summed E-state index contributed by atoms with van der Waals surface area (Å²) >= 11 is 0. The number of unbranched alkanes of at least 4 members (excludes halogenated alkanes) is 6. The SMILES string of the molecule is CCCCCCCCCOc1ccc([C@@H](C)O)cc1OC. The second-order valence-electron chi connectivity index (χ2n) is 5.56. The van der Waals surface area contributed by atoms with Crippen LogP contribution in [-0.2, 0) is 0 Å². The van der Waals surface area contributed by atoms with Crippen molar-refractivity contribution in [2.75, 3.05) is 13.7 Å². The van der Waals surface area contributed by atoms with Gasteiger partial charge in [-0.25, -0.2) is 0 Å². The Bertz CT molecular complexity index is 388. The molecule has 1 N–H and O–H groups in total. The van der Waals surface area contributed by atoms with Gasteiger partial charge in [-0.05, 0) is 31.0 Å². The van der Waals surface area contributed by atoms with Crippen LogP contribution in [0.5, 0.6) is 11.5 Å². The summed E-state index contributed by atoms with van der Waals surface area (Å²) in [6.45, 7) is 4.70. The fourth-order valence-corrected chi connectivity index (χ4v) is 2.30. The van der Waals surface area contributed by atoms with Crippen LogP contribution in [0.2, 0.25) is 0 Å². The van der Waals surface area contributed by atoms with Crippen LogP contribution in [0, 0.1) is 0 Å². The Balaban J connectivity index is 2.28. The number of methoxy groups -OCH3 is 1. The summed E-state index contributed by atoms with van der Waals surface area (Å²) in [6.07, 6.45) is 8.43. The maximum absolute atomic E-state index is 9.57. The highest BCUT2D eigenvalue weighted by molar-refractivity contribution is 5.43. The molecule has 1 aromatic rings. The van der Waals surface area contributed by atoms with Crippen molar-refractivity contribution < 1.29 is 14.6 Å². The van der Waals surface area contributed by atoms with E-state index in [4.69, 9.17) is 9.47 Å². The molecule has 0 fully saturated rings. The maximum atomic E-state index is 9.57. The van der Waals surface area contributed by atoms with Crippen molar-refractivity contribution in [1.82, 2.24) is 0 Å². The van der Waals surface area contributed by atoms with Gasteiger partial charge in [0.15, 0.2) is 11.5 Å². The first kappa shape index (κ1) is 17.8. The largest absolute Gasteiger partial charge is 0.493 e. The minimum atomic E-state index is -0.490. The Morgan fingerprint density at radius 2 is 1.67 bits per heavy atom. The molecule has 21 heavy (non-hydrogen) atoms. The lowest BCUT2D eigenvalue weighted by Crippen LogP contribution is -2.01. The van der Waals surface area contributed by atoms with Crippen molar-refractivity contribution in [2.24, 2.45) is 0 Å². The minimum absolute atomic E-state index is 0.490. The van der Waals surface area contributed by atoms with Gasteiger partial charge >= 0.3 is 0 Å². The van der Waals surface area contributed by atoms with Gasteiger partial charge in [0.25, 0.3) is 0 Å². The first-order chi connectivity index (χ1) is 10.2. The molecule has 0 bridgehead atoms. The number of aliphatic hydroxyl groups excluding tert-OH is 1. The summed E-state index contributed by atoms with van der Waals surface area (Å²) in [4.78, 5) is 0. The van der Waals surface area contributed by atoms with Gasteiger partial charge in [-0.1, -0.05) is 51.5 Å². The molecule has 0 aliphatic rings. The van der Waals surface area contributed by atoms with Crippen LogP contribution < -0.4 is 9.47 Å². The van der Waals surface area contributed by atoms with Crippen LogP contribution in [0.25, 0.3) is 0 Å². The van der Waals surface area contributed by atoms with Gasteiger partial charge < -0.3 is 14.6 Å². The Morgan fingerprint density at radius 1 is 1.00 bits per heavy atom. The molecule has 0 radical (unpaired) electrons. The second-order valence-corrected chi connectivity index (χ2v) is 5.56. The maximum Gasteiger partial charge on any atom is 0.161 e. The zero-order valence-corrected chi connectivity index (χ0v) is 13.7. The van der Waals surface area contributed by atoms with Crippen molar-refractivity contribution in [2.45, 2.75) is 64.9 Å². The third kappa shape index (κ3) is 6.85. The lowest BCUT2D eigenvalue weighted by molar-refractivity contribution is 0.198. The van der Waals surface area contributed by atoms with E-state index in [0.29, 0.717) is 5.75 Å². The number of ether oxygens (including phenoxy) is 2. The molecule has 0 aliphatic carbocycles. The second kappa shape index (κ2) is 10.5. The van der Waals surface area contributed by atoms with E-state index in [1.54, 1.807) is 14.0 Å². The summed E-state index contributed by atoms with van der Waals surface area (Å²) < 4.78 is 11.1. The first-order valence-corrected chi connectivity index (χ1v) is 8.17. The molecule has 0 aliphatic heterocycles. The monoisotopic (exact) mass is 294 g/mol. The summed E-state index contributed by atoms with van der Waals surface area (Å²) in [5.41, 5.74) is 0.843. The van der Waals surface area contributed by atoms with Crippen molar-refractivity contribution in [3.8, 4) is 11.5 Å². The topological polar surface area (TPSA) is 38.7 Å². The molecule has 0 aromatic heterocycles. The van der Waals surface area contributed by atoms with Crippen LogP contribution in [0.3, 0.4) is 0 Å². The van der Waals surface area contributed by atoms with Crippen LogP contribution in [0.15, 0.2) is 18.2 Å². The van der Waals surface area contributed by atoms with Gasteiger partial charge in [0.05, 0.1) is 19.8 Å². The third-order valence-corrected chi connectivity index (χ3v) is 3.68. The molecule has 1 aromatic carbocycles. The number of aliphatic hydroxyl groups is 1. The zero-order valence-electron chi connectivity index (χ0n) is 13.7. The van der Waals surface area contributed by atoms with Gasteiger partial charge in [-0.3, -0.25) is 0 Å². The average Bonchev–Trinajstić information content (AvgIpc) is 2.49. The highest BCUT2D eigenvalue weighted by Gasteiger charge is 2.08. The fourth-order valence-electron chi connectivity index (χ4n) is 2.30. The van der Waals surface area contributed by atoms with Crippen molar-refractivity contribution in [3.05, 3.63) is 23.8 Å². The minimum Gasteiger partial charge on any atom is -0.493 e. The summed E-state index contributed by atoms with van der Waals surface area (Å²) in [5.74, 6) is 1.45. The van der Waals surface area contributed by atoms with Crippen molar-refractivity contribution >= 4 is 0 Å². The number of hydrogen-bond donors (Lipinski definition) is 1. The summed E-state index contributed by atoms with van der Waals surface area (Å²) in [6, 6.07) is 5.60. The van der Waals surface area contributed by atoms with Crippen LogP contribution >= 0.6 is 0 Å². The predicted molar refractivity (Wildman–Crippen MR) is 87.1 cm³/mol. The Kier molecular flexibility index (Phi) is 8.91. The van der Waals surface area contributed by atoms with E-state index in [1.807, 2.05) is 18.2 Å². The van der Waals surface area contributed by atoms with Crippen LogP contribution in [0.4, 0.5) is 0 Å². The van der Waals surface area contributed by atoms with Gasteiger partial charge in [0.2, 0.25) is 0 Å². The summed E-state index contributed by atoms with van der Waals surface area (Å²) in [7, 11) is 1.63. The van der Waals surface area contributed by atoms with Gasteiger partial charge in [-0.2, -0.15) is 0 Å². The molecule has 0 heterocycles. The molecule has 3 heteroatoms. The normalized spacial score (nSPS) is 12.2. The number of hydrogen-bond acceptors (Lipinski definition) is 3. The molecule has 0 amide bonds. The Morgan fingerprint density at radius 3 is 2.29 bits per heavy atom. The van der Waals surface area contributed by atoms with Crippen molar-refractivity contribution in [3.63, 3.8) is 0 Å². The van der Waals surface area contributed by atoms with Gasteiger partial charge in [0.1, 0.15) is 0 Å². The molecule has 0 saturated heterocycles. The van der Waals surface area contributed by atoms with Gasteiger partial charge in [0, 0.05) is 0 Å². The van der Waals surface area contributed by atoms with Crippen molar-refractivity contribution in [1.29, 1.82) is 0 Å². The molecule has 1 atom stereocenters. The van der Waals surface area contributed by atoms with E-state index in [-0.39, 0.29) is 0 Å². The predicted octanol–water partition coefficient (Wildman–Crippen LogP) is 4.88.